The fourth-order valence-electron chi connectivity index (χ4n) is 2.92. The van der Waals surface area contributed by atoms with Gasteiger partial charge in [-0.25, -0.2) is 0 Å². The number of benzene rings is 2. The van der Waals surface area contributed by atoms with Crippen molar-refractivity contribution in [1.29, 1.82) is 0 Å². The first-order valence-corrected chi connectivity index (χ1v) is 9.06. The van der Waals surface area contributed by atoms with Crippen molar-refractivity contribution in [3.05, 3.63) is 64.2 Å². The van der Waals surface area contributed by atoms with Crippen molar-refractivity contribution in [2.45, 2.75) is 6.54 Å². The fourth-order valence-corrected chi connectivity index (χ4v) is 2.92. The van der Waals surface area contributed by atoms with Gasteiger partial charge in [-0.1, -0.05) is 12.1 Å². The van der Waals surface area contributed by atoms with Gasteiger partial charge < -0.3 is 19.3 Å². The molecule has 28 heavy (non-hydrogen) atoms. The first-order valence-electron chi connectivity index (χ1n) is 9.06. The topological polar surface area (TPSA) is 85.2 Å². The molecule has 0 spiro atoms. The number of nitro benzene ring substituents is 1. The second kappa shape index (κ2) is 9.18. The molecule has 0 unspecified atom stereocenters. The summed E-state index contributed by atoms with van der Waals surface area (Å²) in [5.74, 6) is 0.248. The maximum Gasteiger partial charge on any atom is 0.269 e. The summed E-state index contributed by atoms with van der Waals surface area (Å²) in [6, 6.07) is 13.8. The minimum Gasteiger partial charge on any atom is -0.484 e. The third-order valence-corrected chi connectivity index (χ3v) is 4.57. The third-order valence-electron chi connectivity index (χ3n) is 4.57. The Morgan fingerprint density at radius 3 is 2.39 bits per heavy atom. The minimum absolute atomic E-state index is 0.0173. The molecule has 1 heterocycles. The highest BCUT2D eigenvalue weighted by atomic mass is 16.6. The van der Waals surface area contributed by atoms with Crippen molar-refractivity contribution in [2.75, 3.05) is 44.9 Å². The number of hydrogen-bond donors (Lipinski definition) is 0. The minimum atomic E-state index is -0.479. The van der Waals surface area contributed by atoms with E-state index in [4.69, 9.17) is 9.47 Å². The predicted molar refractivity (Wildman–Crippen MR) is 105 cm³/mol. The van der Waals surface area contributed by atoms with E-state index in [9.17, 15) is 14.9 Å². The van der Waals surface area contributed by atoms with Gasteiger partial charge in [0.25, 0.3) is 11.6 Å². The van der Waals surface area contributed by atoms with E-state index in [1.165, 1.54) is 24.3 Å². The van der Waals surface area contributed by atoms with E-state index < -0.39 is 4.92 Å². The molecule has 1 saturated heterocycles. The highest BCUT2D eigenvalue weighted by Gasteiger charge is 2.13. The van der Waals surface area contributed by atoms with Crippen LogP contribution >= 0.6 is 0 Å². The molecule has 0 radical (unpaired) electrons. The quantitative estimate of drug-likeness (QED) is 0.538. The van der Waals surface area contributed by atoms with Crippen LogP contribution in [0.2, 0.25) is 0 Å². The first-order chi connectivity index (χ1) is 13.5. The molecule has 8 heteroatoms. The zero-order valence-electron chi connectivity index (χ0n) is 15.7. The summed E-state index contributed by atoms with van der Waals surface area (Å²) >= 11 is 0. The van der Waals surface area contributed by atoms with E-state index >= 15 is 0 Å². The van der Waals surface area contributed by atoms with Gasteiger partial charge in [-0.3, -0.25) is 14.9 Å². The lowest BCUT2D eigenvalue weighted by Gasteiger charge is -2.29. The van der Waals surface area contributed by atoms with Gasteiger partial charge in [0, 0.05) is 44.5 Å². The Hall–Kier alpha value is -3.13. The molecule has 1 aliphatic heterocycles. The SMILES string of the molecule is CN(Cc1ccc(N2CCOCC2)cc1)C(=O)COc1ccc([N+](=O)[O-])cc1. The second-order valence-electron chi connectivity index (χ2n) is 6.56. The normalized spacial score (nSPS) is 13.8. The Kier molecular flexibility index (Phi) is 6.44. The Balaban J connectivity index is 1.48. The molecule has 2 aromatic rings. The van der Waals surface area contributed by atoms with Crippen LogP contribution in [0.3, 0.4) is 0 Å². The molecule has 0 saturated carbocycles. The number of morpholine rings is 1. The van der Waals surface area contributed by atoms with Crippen LogP contribution in [0, 0.1) is 10.1 Å². The maximum absolute atomic E-state index is 12.3. The number of nitrogens with zero attached hydrogens (tertiary/aromatic N) is 3. The first kappa shape index (κ1) is 19.6. The van der Waals surface area contributed by atoms with Crippen molar-refractivity contribution < 1.29 is 19.2 Å². The summed E-state index contributed by atoms with van der Waals surface area (Å²) in [5.41, 5.74) is 2.17. The largest absolute Gasteiger partial charge is 0.484 e. The number of amides is 1. The number of ether oxygens (including phenoxy) is 2. The van der Waals surface area contributed by atoms with Gasteiger partial charge in [0.05, 0.1) is 18.1 Å². The van der Waals surface area contributed by atoms with Crippen molar-refractivity contribution in [2.24, 2.45) is 0 Å². The molecule has 1 fully saturated rings. The van der Waals surface area contributed by atoms with Gasteiger partial charge in [0.1, 0.15) is 5.75 Å². The highest BCUT2D eigenvalue weighted by Crippen LogP contribution is 2.19. The average molecular weight is 385 g/mol. The van der Waals surface area contributed by atoms with Gasteiger partial charge in [-0.2, -0.15) is 0 Å². The monoisotopic (exact) mass is 385 g/mol. The van der Waals surface area contributed by atoms with Crippen LogP contribution < -0.4 is 9.64 Å². The van der Waals surface area contributed by atoms with Gasteiger partial charge in [-0.15, -0.1) is 0 Å². The molecule has 1 aliphatic rings. The Morgan fingerprint density at radius 1 is 1.14 bits per heavy atom. The summed E-state index contributed by atoms with van der Waals surface area (Å²) in [4.78, 5) is 26.3. The van der Waals surface area contributed by atoms with E-state index in [0.717, 1.165) is 37.6 Å². The molecular weight excluding hydrogens is 362 g/mol. The van der Waals surface area contributed by atoms with Crippen molar-refractivity contribution >= 4 is 17.3 Å². The van der Waals surface area contributed by atoms with Crippen LogP contribution in [0.25, 0.3) is 0 Å². The van der Waals surface area contributed by atoms with Crippen LogP contribution in [-0.4, -0.2) is 55.7 Å². The van der Waals surface area contributed by atoms with Crippen LogP contribution in [0.4, 0.5) is 11.4 Å². The lowest BCUT2D eigenvalue weighted by Crippen LogP contribution is -2.36. The number of carbonyl (C=O) groups excluding carboxylic acids is 1. The Labute approximate surface area is 163 Å². The number of non-ortho nitro benzene ring substituents is 1. The number of likely N-dealkylation sites (N-methyl/N-ethyl adjacent to an activating group) is 1. The molecule has 0 aliphatic carbocycles. The molecule has 0 bridgehead atoms. The standard InChI is InChI=1S/C20H23N3O5/c1-21(20(24)15-28-19-8-6-18(7-9-19)23(25)26)14-16-2-4-17(5-3-16)22-10-12-27-13-11-22/h2-9H,10-15H2,1H3. The molecule has 1 amide bonds. The van der Waals surface area contributed by atoms with E-state index in [-0.39, 0.29) is 18.2 Å². The third kappa shape index (κ3) is 5.20. The summed E-state index contributed by atoms with van der Waals surface area (Å²) in [6.07, 6.45) is 0. The van der Waals surface area contributed by atoms with Crippen molar-refractivity contribution in [3.8, 4) is 5.75 Å². The fraction of sp³-hybridized carbons (Fsp3) is 0.350. The van der Waals surface area contributed by atoms with Crippen LogP contribution in [0.15, 0.2) is 48.5 Å². The highest BCUT2D eigenvalue weighted by molar-refractivity contribution is 5.77. The summed E-state index contributed by atoms with van der Waals surface area (Å²) < 4.78 is 10.8. The second-order valence-corrected chi connectivity index (χ2v) is 6.56. The maximum atomic E-state index is 12.3. The van der Waals surface area contributed by atoms with Gasteiger partial charge in [0.15, 0.2) is 6.61 Å². The Morgan fingerprint density at radius 2 is 1.79 bits per heavy atom. The van der Waals surface area contributed by atoms with E-state index in [1.807, 2.05) is 12.1 Å². The zero-order chi connectivity index (χ0) is 19.9. The molecule has 3 rings (SSSR count). The van der Waals surface area contributed by atoms with E-state index in [0.29, 0.717) is 12.3 Å². The number of rotatable bonds is 7. The lowest BCUT2D eigenvalue weighted by molar-refractivity contribution is -0.384. The summed E-state index contributed by atoms with van der Waals surface area (Å²) in [5, 5.41) is 10.6. The predicted octanol–water partition coefficient (Wildman–Crippen LogP) is 2.47. The molecular formula is C20H23N3O5. The Bertz CT molecular complexity index is 802. The number of nitro groups is 1. The molecule has 2 aromatic carbocycles. The van der Waals surface area contributed by atoms with Crippen LogP contribution in [0.1, 0.15) is 5.56 Å². The zero-order valence-corrected chi connectivity index (χ0v) is 15.7. The van der Waals surface area contributed by atoms with Crippen molar-refractivity contribution in [3.63, 3.8) is 0 Å². The molecule has 8 nitrogen and oxygen atoms in total. The van der Waals surface area contributed by atoms with Crippen molar-refractivity contribution in [1.82, 2.24) is 4.90 Å². The molecule has 0 N–H and O–H groups in total. The van der Waals surface area contributed by atoms with E-state index in [1.54, 1.807) is 11.9 Å². The van der Waals surface area contributed by atoms with Gasteiger partial charge >= 0.3 is 0 Å². The van der Waals surface area contributed by atoms with E-state index in [2.05, 4.69) is 17.0 Å². The van der Waals surface area contributed by atoms with Crippen LogP contribution in [-0.2, 0) is 16.1 Å². The molecule has 0 aromatic heterocycles. The molecule has 0 atom stereocenters. The van der Waals surface area contributed by atoms with Gasteiger partial charge in [0.2, 0.25) is 0 Å². The lowest BCUT2D eigenvalue weighted by atomic mass is 10.1. The summed E-state index contributed by atoms with van der Waals surface area (Å²) in [6.45, 7) is 3.61. The number of carbonyl (C=O) groups is 1. The average Bonchev–Trinajstić information content (AvgIpc) is 2.73. The van der Waals surface area contributed by atoms with Gasteiger partial charge in [-0.05, 0) is 29.8 Å². The smallest absolute Gasteiger partial charge is 0.269 e. The van der Waals surface area contributed by atoms with Crippen LogP contribution in [0.5, 0.6) is 5.75 Å². The summed E-state index contributed by atoms with van der Waals surface area (Å²) in [7, 11) is 1.72. The number of anilines is 1. The molecule has 148 valence electrons. The number of hydrogen-bond acceptors (Lipinski definition) is 6.